The highest BCUT2D eigenvalue weighted by molar-refractivity contribution is 7.17. The van der Waals surface area contributed by atoms with Crippen LogP contribution >= 0.6 is 22.9 Å². The molecule has 3 rings (SSSR count). The molecule has 0 fully saturated rings. The Morgan fingerprint density at radius 1 is 1.48 bits per heavy atom. The van der Waals surface area contributed by atoms with E-state index in [1.54, 1.807) is 12.1 Å². The highest BCUT2D eigenvalue weighted by Gasteiger charge is 2.28. The summed E-state index contributed by atoms with van der Waals surface area (Å²) in [5.74, 6) is -0.253. The number of primary amides is 1. The molecule has 0 aromatic carbocycles. The Bertz CT molecular complexity index is 819. The van der Waals surface area contributed by atoms with Crippen LogP contribution in [-0.4, -0.2) is 16.8 Å². The molecular formula is C18H20ClN3O2S. The van der Waals surface area contributed by atoms with Crippen LogP contribution in [0.25, 0.3) is 0 Å². The summed E-state index contributed by atoms with van der Waals surface area (Å²) in [6, 6.07) is 3.24. The van der Waals surface area contributed by atoms with E-state index in [2.05, 4.69) is 17.2 Å². The number of fused-ring (bicyclic) bond motifs is 1. The lowest BCUT2D eigenvalue weighted by Gasteiger charge is -2.21. The van der Waals surface area contributed by atoms with Crippen LogP contribution in [0.1, 0.15) is 57.3 Å². The van der Waals surface area contributed by atoms with Crippen LogP contribution in [0.2, 0.25) is 5.15 Å². The molecule has 2 amide bonds. The second-order valence-electron chi connectivity index (χ2n) is 6.27. The third-order valence-corrected chi connectivity index (χ3v) is 6.01. The van der Waals surface area contributed by atoms with Crippen molar-refractivity contribution in [2.45, 2.75) is 39.0 Å². The quantitative estimate of drug-likeness (QED) is 0.770. The highest BCUT2D eigenvalue weighted by atomic mass is 35.5. The molecule has 0 bridgehead atoms. The van der Waals surface area contributed by atoms with Crippen LogP contribution in [0.15, 0.2) is 18.3 Å². The number of anilines is 1. The minimum absolute atomic E-state index is 0.130. The van der Waals surface area contributed by atoms with Crippen LogP contribution in [0.3, 0.4) is 0 Å². The summed E-state index contributed by atoms with van der Waals surface area (Å²) in [6.45, 7) is 2.18. The fourth-order valence-corrected chi connectivity index (χ4v) is 4.95. The molecule has 132 valence electrons. The van der Waals surface area contributed by atoms with E-state index in [4.69, 9.17) is 17.3 Å². The number of halogens is 1. The maximum absolute atomic E-state index is 12.5. The average molecular weight is 378 g/mol. The maximum Gasteiger partial charge on any atom is 0.259 e. The van der Waals surface area contributed by atoms with Crippen LogP contribution in [0.5, 0.6) is 0 Å². The summed E-state index contributed by atoms with van der Waals surface area (Å²) in [5.41, 5.74) is 7.32. The molecule has 2 aromatic rings. The Balaban J connectivity index is 1.90. The zero-order valence-electron chi connectivity index (χ0n) is 14.0. The molecule has 5 nitrogen and oxygen atoms in total. The Labute approximate surface area is 155 Å². The van der Waals surface area contributed by atoms with Gasteiger partial charge in [-0.05, 0) is 42.9 Å². The van der Waals surface area contributed by atoms with Crippen LogP contribution in [0.4, 0.5) is 5.00 Å². The first-order valence-electron chi connectivity index (χ1n) is 8.37. The smallest absolute Gasteiger partial charge is 0.259 e. The molecule has 0 radical (unpaired) electrons. The topological polar surface area (TPSA) is 85.1 Å². The van der Waals surface area contributed by atoms with Gasteiger partial charge in [-0.25, -0.2) is 4.98 Å². The first kappa shape index (κ1) is 17.9. The molecule has 7 heteroatoms. The summed E-state index contributed by atoms with van der Waals surface area (Å²) >= 11 is 7.43. The third-order valence-electron chi connectivity index (χ3n) is 4.54. The van der Waals surface area contributed by atoms with Crippen molar-refractivity contribution in [3.63, 3.8) is 0 Å². The summed E-state index contributed by atoms with van der Waals surface area (Å²) in [7, 11) is 0. The van der Waals surface area contributed by atoms with Gasteiger partial charge in [0, 0.05) is 11.1 Å². The first-order chi connectivity index (χ1) is 12.0. The SMILES string of the molecule is CCC[C@H]1CCc2c(sc(NC(=O)c3cccnc3Cl)c2C(N)=O)C1. The molecule has 0 spiro atoms. The number of thiophene rings is 1. The van der Waals surface area contributed by atoms with Gasteiger partial charge in [0.25, 0.3) is 11.8 Å². The number of nitrogens with two attached hydrogens (primary N) is 1. The molecule has 2 heterocycles. The Morgan fingerprint density at radius 2 is 2.28 bits per heavy atom. The van der Waals surface area contributed by atoms with Gasteiger partial charge in [-0.15, -0.1) is 11.3 Å². The van der Waals surface area contributed by atoms with Crippen molar-refractivity contribution in [1.82, 2.24) is 4.98 Å². The average Bonchev–Trinajstić information content (AvgIpc) is 2.92. The number of pyridine rings is 1. The fourth-order valence-electron chi connectivity index (χ4n) is 3.38. The van der Waals surface area contributed by atoms with Crippen molar-refractivity contribution >= 4 is 39.8 Å². The van der Waals surface area contributed by atoms with Gasteiger partial charge in [0.15, 0.2) is 0 Å². The van der Waals surface area contributed by atoms with Crippen LogP contribution < -0.4 is 11.1 Å². The summed E-state index contributed by atoms with van der Waals surface area (Å²) in [5, 5.41) is 3.45. The number of carbonyl (C=O) groups is 2. The number of nitrogens with zero attached hydrogens (tertiary/aromatic N) is 1. The van der Waals surface area contributed by atoms with Crippen molar-refractivity contribution in [3.05, 3.63) is 45.1 Å². The van der Waals surface area contributed by atoms with Crippen molar-refractivity contribution in [1.29, 1.82) is 0 Å². The number of amides is 2. The molecule has 0 unspecified atom stereocenters. The van der Waals surface area contributed by atoms with E-state index in [1.165, 1.54) is 24.0 Å². The second kappa shape index (κ2) is 7.54. The largest absolute Gasteiger partial charge is 0.365 e. The van der Waals surface area contributed by atoms with E-state index >= 15 is 0 Å². The van der Waals surface area contributed by atoms with Crippen molar-refractivity contribution in [2.24, 2.45) is 11.7 Å². The summed E-state index contributed by atoms with van der Waals surface area (Å²) in [6.07, 6.45) is 6.68. The van der Waals surface area contributed by atoms with Gasteiger partial charge in [-0.3, -0.25) is 9.59 Å². The minimum Gasteiger partial charge on any atom is -0.365 e. The molecule has 2 aromatic heterocycles. The lowest BCUT2D eigenvalue weighted by atomic mass is 9.84. The highest BCUT2D eigenvalue weighted by Crippen LogP contribution is 2.40. The number of hydrogen-bond acceptors (Lipinski definition) is 4. The molecule has 0 saturated carbocycles. The normalized spacial score (nSPS) is 16.3. The summed E-state index contributed by atoms with van der Waals surface area (Å²) < 4.78 is 0. The Hall–Kier alpha value is -1.92. The van der Waals surface area contributed by atoms with Gasteiger partial charge in [-0.2, -0.15) is 0 Å². The zero-order valence-corrected chi connectivity index (χ0v) is 15.5. The van der Waals surface area contributed by atoms with Crippen molar-refractivity contribution < 1.29 is 9.59 Å². The van der Waals surface area contributed by atoms with Gasteiger partial charge in [-0.1, -0.05) is 31.4 Å². The number of hydrogen-bond donors (Lipinski definition) is 2. The second-order valence-corrected chi connectivity index (χ2v) is 7.73. The predicted octanol–water partition coefficient (Wildman–Crippen LogP) is 4.05. The van der Waals surface area contributed by atoms with Crippen molar-refractivity contribution in [3.8, 4) is 0 Å². The lowest BCUT2D eigenvalue weighted by molar-refractivity contribution is 0.1000. The first-order valence-corrected chi connectivity index (χ1v) is 9.56. The molecular weight excluding hydrogens is 358 g/mol. The number of aromatic nitrogens is 1. The van der Waals surface area contributed by atoms with E-state index in [1.807, 2.05) is 0 Å². The molecule has 1 atom stereocenters. The standard InChI is InChI=1S/C18H20ClN3O2S/c1-2-4-10-6-7-11-13(9-10)25-18(14(11)16(20)23)22-17(24)12-5-3-8-21-15(12)19/h3,5,8,10H,2,4,6-7,9H2,1H3,(H2,20,23)(H,22,24)/t10-/m0/s1. The fraction of sp³-hybridized carbons (Fsp3) is 0.389. The van der Waals surface area contributed by atoms with Gasteiger partial charge in [0.1, 0.15) is 10.2 Å². The molecule has 1 aliphatic carbocycles. The zero-order chi connectivity index (χ0) is 18.0. The maximum atomic E-state index is 12.5. The lowest BCUT2D eigenvalue weighted by Crippen LogP contribution is -2.20. The molecule has 25 heavy (non-hydrogen) atoms. The third kappa shape index (κ3) is 3.70. The van der Waals surface area contributed by atoms with Gasteiger partial charge in [0.05, 0.1) is 11.1 Å². The number of rotatable bonds is 5. The van der Waals surface area contributed by atoms with Gasteiger partial charge < -0.3 is 11.1 Å². The molecule has 3 N–H and O–H groups in total. The van der Waals surface area contributed by atoms with Crippen LogP contribution in [0, 0.1) is 5.92 Å². The van der Waals surface area contributed by atoms with Crippen LogP contribution in [-0.2, 0) is 12.8 Å². The Morgan fingerprint density at radius 3 is 2.96 bits per heavy atom. The molecule has 0 aliphatic heterocycles. The van der Waals surface area contributed by atoms with E-state index in [9.17, 15) is 9.59 Å². The number of nitrogens with one attached hydrogen (secondary N) is 1. The van der Waals surface area contributed by atoms with Crippen molar-refractivity contribution in [2.75, 3.05) is 5.32 Å². The van der Waals surface area contributed by atoms with E-state index < -0.39 is 5.91 Å². The minimum atomic E-state index is -0.501. The van der Waals surface area contributed by atoms with E-state index in [-0.39, 0.29) is 16.6 Å². The van der Waals surface area contributed by atoms with E-state index in [0.29, 0.717) is 16.5 Å². The Kier molecular flexibility index (Phi) is 5.39. The van der Waals surface area contributed by atoms with Gasteiger partial charge in [0.2, 0.25) is 0 Å². The van der Waals surface area contributed by atoms with E-state index in [0.717, 1.165) is 36.1 Å². The molecule has 1 aliphatic rings. The molecule has 0 saturated heterocycles. The monoisotopic (exact) mass is 377 g/mol. The summed E-state index contributed by atoms with van der Waals surface area (Å²) in [4.78, 5) is 29.6. The predicted molar refractivity (Wildman–Crippen MR) is 100 cm³/mol. The number of carbonyl (C=O) groups excluding carboxylic acids is 2. The van der Waals surface area contributed by atoms with Gasteiger partial charge >= 0.3 is 0 Å².